The number of ether oxygens (including phenoxy) is 4. The van der Waals surface area contributed by atoms with Gasteiger partial charge in [-0.05, 0) is 42.8 Å². The van der Waals surface area contributed by atoms with Crippen molar-refractivity contribution >= 4 is 5.91 Å². The van der Waals surface area contributed by atoms with E-state index in [1.54, 1.807) is 23.1 Å². The first-order chi connectivity index (χ1) is 12.2. The van der Waals surface area contributed by atoms with Gasteiger partial charge in [-0.3, -0.25) is 4.79 Å². The quantitative estimate of drug-likeness (QED) is 0.856. The average molecular weight is 341 g/mol. The number of carbonyl (C=O) groups excluding carboxylic acids is 1. The predicted octanol–water partition coefficient (Wildman–Crippen LogP) is 2.85. The molecule has 2 aliphatic heterocycles. The zero-order valence-corrected chi connectivity index (χ0v) is 14.0. The second-order valence-corrected chi connectivity index (χ2v) is 5.87. The van der Waals surface area contributed by atoms with Crippen LogP contribution in [0.5, 0.6) is 23.0 Å². The zero-order valence-electron chi connectivity index (χ0n) is 14.0. The Labute approximate surface area is 145 Å². The molecule has 0 atom stereocenters. The highest BCUT2D eigenvalue weighted by Crippen LogP contribution is 2.33. The van der Waals surface area contributed by atoms with Gasteiger partial charge in [0.1, 0.15) is 13.2 Å². The van der Waals surface area contributed by atoms with E-state index in [0.29, 0.717) is 43.4 Å². The highest BCUT2D eigenvalue weighted by atomic mass is 16.7. The van der Waals surface area contributed by atoms with Crippen molar-refractivity contribution in [3.05, 3.63) is 47.5 Å². The van der Waals surface area contributed by atoms with E-state index in [0.717, 1.165) is 17.1 Å². The Bertz CT molecular complexity index is 804. The van der Waals surface area contributed by atoms with Gasteiger partial charge in [-0.15, -0.1) is 0 Å². The van der Waals surface area contributed by atoms with Crippen LogP contribution in [0.15, 0.2) is 36.4 Å². The molecule has 1 amide bonds. The molecule has 0 aliphatic carbocycles. The van der Waals surface area contributed by atoms with Gasteiger partial charge in [0.25, 0.3) is 5.91 Å². The van der Waals surface area contributed by atoms with Crippen molar-refractivity contribution in [2.24, 2.45) is 0 Å². The second-order valence-electron chi connectivity index (χ2n) is 5.87. The number of nitrogens with zero attached hydrogens (tertiary/aromatic N) is 1. The summed E-state index contributed by atoms with van der Waals surface area (Å²) in [7, 11) is 0. The fraction of sp³-hybridized carbons (Fsp3) is 0.316. The molecule has 0 saturated carbocycles. The van der Waals surface area contributed by atoms with E-state index in [-0.39, 0.29) is 12.7 Å². The highest BCUT2D eigenvalue weighted by molar-refractivity contribution is 5.95. The van der Waals surface area contributed by atoms with Crippen LogP contribution in [0.3, 0.4) is 0 Å². The fourth-order valence-corrected chi connectivity index (χ4v) is 2.95. The van der Waals surface area contributed by atoms with Gasteiger partial charge in [-0.25, -0.2) is 0 Å². The summed E-state index contributed by atoms with van der Waals surface area (Å²) < 4.78 is 21.8. The van der Waals surface area contributed by atoms with E-state index in [1.807, 2.05) is 25.1 Å². The van der Waals surface area contributed by atoms with E-state index in [4.69, 9.17) is 18.9 Å². The molecule has 0 unspecified atom stereocenters. The van der Waals surface area contributed by atoms with E-state index in [9.17, 15) is 4.79 Å². The van der Waals surface area contributed by atoms with Crippen molar-refractivity contribution in [2.75, 3.05) is 26.6 Å². The molecule has 2 aromatic rings. The zero-order chi connectivity index (χ0) is 17.2. The van der Waals surface area contributed by atoms with Crippen molar-refractivity contribution in [2.45, 2.75) is 13.5 Å². The molecule has 6 heteroatoms. The lowest BCUT2D eigenvalue weighted by molar-refractivity contribution is 0.0751. The van der Waals surface area contributed by atoms with E-state index >= 15 is 0 Å². The summed E-state index contributed by atoms with van der Waals surface area (Å²) in [5, 5.41) is 0. The third-order valence-electron chi connectivity index (χ3n) is 4.27. The van der Waals surface area contributed by atoms with Crippen LogP contribution in [0.1, 0.15) is 22.8 Å². The van der Waals surface area contributed by atoms with Crippen LogP contribution in [0, 0.1) is 0 Å². The predicted molar refractivity (Wildman–Crippen MR) is 90.4 cm³/mol. The minimum atomic E-state index is -0.0457. The highest BCUT2D eigenvalue weighted by Gasteiger charge is 2.20. The molecule has 6 nitrogen and oxygen atoms in total. The lowest BCUT2D eigenvalue weighted by Crippen LogP contribution is -2.30. The van der Waals surface area contributed by atoms with Crippen LogP contribution in [0.4, 0.5) is 0 Å². The molecule has 2 aliphatic rings. The van der Waals surface area contributed by atoms with Crippen molar-refractivity contribution in [3.8, 4) is 23.0 Å². The number of rotatable bonds is 4. The standard InChI is InChI=1S/C19H19NO5/c1-2-20(11-13-3-5-15-17(9-13)23-8-7-22-15)19(21)14-4-6-16-18(10-14)25-12-24-16/h3-6,9-10H,2,7-8,11-12H2,1H3. The molecular formula is C19H19NO5. The normalized spacial score (nSPS) is 14.3. The van der Waals surface area contributed by atoms with Crippen LogP contribution in [-0.4, -0.2) is 37.4 Å². The van der Waals surface area contributed by atoms with Crippen molar-refractivity contribution in [1.82, 2.24) is 4.90 Å². The van der Waals surface area contributed by atoms with Crippen molar-refractivity contribution in [3.63, 3.8) is 0 Å². The Kier molecular flexibility index (Phi) is 4.09. The smallest absolute Gasteiger partial charge is 0.254 e. The van der Waals surface area contributed by atoms with Gasteiger partial charge in [0.15, 0.2) is 23.0 Å². The Morgan fingerprint density at radius 2 is 1.60 bits per heavy atom. The number of benzene rings is 2. The molecule has 4 rings (SSSR count). The maximum atomic E-state index is 12.8. The molecule has 2 heterocycles. The van der Waals surface area contributed by atoms with Crippen LogP contribution in [-0.2, 0) is 6.54 Å². The number of carbonyl (C=O) groups is 1. The van der Waals surface area contributed by atoms with Gasteiger partial charge in [0.05, 0.1) is 0 Å². The van der Waals surface area contributed by atoms with Crippen LogP contribution < -0.4 is 18.9 Å². The summed E-state index contributed by atoms with van der Waals surface area (Å²) in [4.78, 5) is 14.6. The SMILES string of the molecule is CCN(Cc1ccc2c(c1)OCCO2)C(=O)c1ccc2c(c1)OCO2. The monoisotopic (exact) mass is 341 g/mol. The molecule has 0 radical (unpaired) electrons. The van der Waals surface area contributed by atoms with E-state index in [1.165, 1.54) is 0 Å². The first kappa shape index (κ1) is 15.6. The van der Waals surface area contributed by atoms with Crippen molar-refractivity contribution in [1.29, 1.82) is 0 Å². The van der Waals surface area contributed by atoms with E-state index in [2.05, 4.69) is 0 Å². The Balaban J connectivity index is 1.53. The molecule has 0 bridgehead atoms. The van der Waals surface area contributed by atoms with Gasteiger partial charge in [-0.1, -0.05) is 6.07 Å². The van der Waals surface area contributed by atoms with Gasteiger partial charge < -0.3 is 23.8 Å². The Morgan fingerprint density at radius 1 is 0.920 bits per heavy atom. The minimum Gasteiger partial charge on any atom is -0.486 e. The topological polar surface area (TPSA) is 57.2 Å². The Morgan fingerprint density at radius 3 is 2.44 bits per heavy atom. The van der Waals surface area contributed by atoms with Crippen molar-refractivity contribution < 1.29 is 23.7 Å². The van der Waals surface area contributed by atoms with Gasteiger partial charge >= 0.3 is 0 Å². The second kappa shape index (κ2) is 6.55. The van der Waals surface area contributed by atoms with Crippen LogP contribution in [0.2, 0.25) is 0 Å². The maximum absolute atomic E-state index is 12.8. The summed E-state index contributed by atoms with van der Waals surface area (Å²) in [6.07, 6.45) is 0. The van der Waals surface area contributed by atoms with Crippen LogP contribution in [0.25, 0.3) is 0 Å². The molecule has 2 aromatic carbocycles. The van der Waals surface area contributed by atoms with Gasteiger partial charge in [0.2, 0.25) is 6.79 Å². The summed E-state index contributed by atoms with van der Waals surface area (Å²) in [6, 6.07) is 11.1. The lowest BCUT2D eigenvalue weighted by atomic mass is 10.1. The third-order valence-corrected chi connectivity index (χ3v) is 4.27. The minimum absolute atomic E-state index is 0.0457. The third kappa shape index (κ3) is 3.07. The summed E-state index contributed by atoms with van der Waals surface area (Å²) >= 11 is 0. The number of fused-ring (bicyclic) bond motifs is 2. The van der Waals surface area contributed by atoms with Gasteiger partial charge in [0, 0.05) is 18.7 Å². The first-order valence-electron chi connectivity index (χ1n) is 8.32. The lowest BCUT2D eigenvalue weighted by Gasteiger charge is -2.23. The van der Waals surface area contributed by atoms with Gasteiger partial charge in [-0.2, -0.15) is 0 Å². The molecule has 130 valence electrons. The molecule has 0 N–H and O–H groups in total. The molecule has 0 aromatic heterocycles. The molecule has 25 heavy (non-hydrogen) atoms. The number of hydrogen-bond donors (Lipinski definition) is 0. The fourth-order valence-electron chi connectivity index (χ4n) is 2.95. The summed E-state index contributed by atoms with van der Waals surface area (Å²) in [5.41, 5.74) is 1.59. The Hall–Kier alpha value is -2.89. The van der Waals surface area contributed by atoms with E-state index < -0.39 is 0 Å². The van der Waals surface area contributed by atoms with Crippen LogP contribution >= 0.6 is 0 Å². The summed E-state index contributed by atoms with van der Waals surface area (Å²) in [5.74, 6) is 2.72. The average Bonchev–Trinajstić information content (AvgIpc) is 3.13. The molecule has 0 saturated heterocycles. The first-order valence-corrected chi connectivity index (χ1v) is 8.32. The molecule has 0 fully saturated rings. The number of hydrogen-bond acceptors (Lipinski definition) is 5. The number of amides is 1. The maximum Gasteiger partial charge on any atom is 0.254 e. The molecular weight excluding hydrogens is 322 g/mol. The summed E-state index contributed by atoms with van der Waals surface area (Å²) in [6.45, 7) is 4.37. The molecule has 0 spiro atoms. The largest absolute Gasteiger partial charge is 0.486 e.